The second kappa shape index (κ2) is 4.04. The highest BCUT2D eigenvalue weighted by Gasteiger charge is 2.25. The van der Waals surface area contributed by atoms with Crippen LogP contribution in [-0.2, 0) is 0 Å². The number of hydrogen-bond acceptors (Lipinski definition) is 5. The molecule has 1 heterocycles. The van der Waals surface area contributed by atoms with Gasteiger partial charge in [-0.2, -0.15) is 0 Å². The van der Waals surface area contributed by atoms with Crippen LogP contribution in [0.5, 0.6) is 0 Å². The molecule has 1 aromatic heterocycles. The standard InChI is InChI=1S/C7H5F2N3O4/c8-6(9)2-1-3(12(15)16)4(10)5(11-2)7(13)14/h1,6H,10H2,(H,13,14). The molecular weight excluding hydrogens is 228 g/mol. The van der Waals surface area contributed by atoms with Crippen molar-refractivity contribution >= 4 is 17.3 Å². The number of anilines is 1. The highest BCUT2D eigenvalue weighted by atomic mass is 19.3. The van der Waals surface area contributed by atoms with E-state index < -0.39 is 40.1 Å². The van der Waals surface area contributed by atoms with Crippen molar-refractivity contribution < 1.29 is 23.6 Å². The summed E-state index contributed by atoms with van der Waals surface area (Å²) in [5.74, 6) is -1.71. The third-order valence-corrected chi connectivity index (χ3v) is 1.68. The Labute approximate surface area is 86.7 Å². The largest absolute Gasteiger partial charge is 0.476 e. The third kappa shape index (κ3) is 2.02. The molecule has 0 amide bonds. The Morgan fingerprint density at radius 3 is 2.56 bits per heavy atom. The molecule has 0 unspecified atom stereocenters. The molecule has 3 N–H and O–H groups in total. The van der Waals surface area contributed by atoms with Crippen LogP contribution in [0, 0.1) is 10.1 Å². The minimum atomic E-state index is -3.11. The van der Waals surface area contributed by atoms with Crippen molar-refractivity contribution in [1.29, 1.82) is 0 Å². The molecule has 0 fully saturated rings. The first-order chi connectivity index (χ1) is 7.34. The van der Waals surface area contributed by atoms with E-state index in [0.717, 1.165) is 0 Å². The van der Waals surface area contributed by atoms with E-state index in [0.29, 0.717) is 6.07 Å². The lowest BCUT2D eigenvalue weighted by atomic mass is 10.2. The molecule has 9 heteroatoms. The van der Waals surface area contributed by atoms with Crippen molar-refractivity contribution in [2.45, 2.75) is 6.43 Å². The molecule has 0 radical (unpaired) electrons. The zero-order chi connectivity index (χ0) is 12.5. The molecule has 0 aliphatic carbocycles. The number of carboxylic acid groups (broad SMARTS) is 1. The Kier molecular flexibility index (Phi) is 2.97. The molecule has 86 valence electrons. The van der Waals surface area contributed by atoms with Crippen LogP contribution in [0.1, 0.15) is 22.6 Å². The first-order valence-electron chi connectivity index (χ1n) is 3.80. The van der Waals surface area contributed by atoms with Gasteiger partial charge in [-0.1, -0.05) is 0 Å². The van der Waals surface area contributed by atoms with Gasteiger partial charge in [-0.05, 0) is 0 Å². The number of nitrogens with two attached hydrogens (primary N) is 1. The number of nitro groups is 1. The molecule has 1 aromatic rings. The van der Waals surface area contributed by atoms with Gasteiger partial charge in [-0.15, -0.1) is 0 Å². The van der Waals surface area contributed by atoms with E-state index in [1.165, 1.54) is 0 Å². The van der Waals surface area contributed by atoms with Crippen molar-refractivity contribution in [3.05, 3.63) is 27.6 Å². The monoisotopic (exact) mass is 233 g/mol. The Bertz CT molecular complexity index is 428. The van der Waals surface area contributed by atoms with Crippen LogP contribution in [0.3, 0.4) is 0 Å². The quantitative estimate of drug-likeness (QED) is 0.598. The number of rotatable bonds is 3. The molecule has 0 bridgehead atoms. The number of alkyl halides is 2. The van der Waals surface area contributed by atoms with Crippen molar-refractivity contribution in [2.24, 2.45) is 0 Å². The fourth-order valence-electron chi connectivity index (χ4n) is 0.987. The summed E-state index contributed by atoms with van der Waals surface area (Å²) in [6.07, 6.45) is -3.11. The molecule has 0 saturated carbocycles. The van der Waals surface area contributed by atoms with Crippen LogP contribution >= 0.6 is 0 Å². The number of aromatic nitrogens is 1. The maximum absolute atomic E-state index is 12.3. The number of aromatic carboxylic acids is 1. The van der Waals surface area contributed by atoms with E-state index in [-0.39, 0.29) is 0 Å². The molecule has 0 saturated heterocycles. The van der Waals surface area contributed by atoms with Crippen molar-refractivity contribution in [3.8, 4) is 0 Å². The van der Waals surface area contributed by atoms with Gasteiger partial charge >= 0.3 is 5.97 Å². The molecule has 0 atom stereocenters. The number of pyridine rings is 1. The Balaban J connectivity index is 3.51. The molecule has 0 aliphatic rings. The second-order valence-corrected chi connectivity index (χ2v) is 2.69. The van der Waals surface area contributed by atoms with Gasteiger partial charge in [-0.3, -0.25) is 10.1 Å². The number of halogens is 2. The van der Waals surface area contributed by atoms with Crippen LogP contribution in [0.2, 0.25) is 0 Å². The molecule has 1 rings (SSSR count). The van der Waals surface area contributed by atoms with E-state index in [1.54, 1.807) is 0 Å². The first-order valence-corrected chi connectivity index (χ1v) is 3.80. The number of carbonyl (C=O) groups is 1. The van der Waals surface area contributed by atoms with Crippen LogP contribution in [0.15, 0.2) is 6.07 Å². The Hall–Kier alpha value is -2.32. The Morgan fingerprint density at radius 1 is 1.62 bits per heavy atom. The summed E-state index contributed by atoms with van der Waals surface area (Å²) in [5.41, 5.74) is 1.52. The summed E-state index contributed by atoms with van der Waals surface area (Å²) in [7, 11) is 0. The lowest BCUT2D eigenvalue weighted by molar-refractivity contribution is -0.384. The second-order valence-electron chi connectivity index (χ2n) is 2.69. The minimum absolute atomic E-state index is 0.451. The lowest BCUT2D eigenvalue weighted by Gasteiger charge is -2.04. The average Bonchev–Trinajstić information content (AvgIpc) is 2.16. The van der Waals surface area contributed by atoms with E-state index >= 15 is 0 Å². The summed E-state index contributed by atoms with van der Waals surface area (Å²) >= 11 is 0. The van der Waals surface area contributed by atoms with Crippen molar-refractivity contribution in [2.75, 3.05) is 5.73 Å². The fraction of sp³-hybridized carbons (Fsp3) is 0.143. The zero-order valence-electron chi connectivity index (χ0n) is 7.55. The van der Waals surface area contributed by atoms with Gasteiger partial charge < -0.3 is 10.8 Å². The van der Waals surface area contributed by atoms with Crippen LogP contribution < -0.4 is 5.73 Å². The van der Waals surface area contributed by atoms with Gasteiger partial charge in [0.25, 0.3) is 12.1 Å². The third-order valence-electron chi connectivity index (χ3n) is 1.68. The molecule has 0 aromatic carbocycles. The molecule has 0 aliphatic heterocycles. The summed E-state index contributed by atoms with van der Waals surface area (Å²) in [5, 5.41) is 19.0. The molecule has 7 nitrogen and oxygen atoms in total. The topological polar surface area (TPSA) is 119 Å². The predicted molar refractivity (Wildman–Crippen MR) is 47.2 cm³/mol. The molecule has 0 spiro atoms. The lowest BCUT2D eigenvalue weighted by Crippen LogP contribution is -2.10. The normalized spacial score (nSPS) is 10.4. The SMILES string of the molecule is Nc1c([N+](=O)[O-])cc(C(F)F)nc1C(=O)O. The average molecular weight is 233 g/mol. The smallest absolute Gasteiger partial charge is 0.356 e. The van der Waals surface area contributed by atoms with Crippen molar-refractivity contribution in [3.63, 3.8) is 0 Å². The van der Waals surface area contributed by atoms with Gasteiger partial charge in [0.2, 0.25) is 0 Å². The first kappa shape index (κ1) is 11.8. The van der Waals surface area contributed by atoms with Gasteiger partial charge in [0.05, 0.1) is 4.92 Å². The van der Waals surface area contributed by atoms with E-state index in [9.17, 15) is 23.7 Å². The zero-order valence-corrected chi connectivity index (χ0v) is 7.55. The van der Waals surface area contributed by atoms with E-state index in [2.05, 4.69) is 4.98 Å². The fourth-order valence-corrected chi connectivity index (χ4v) is 0.987. The maximum atomic E-state index is 12.3. The number of nitrogens with zero attached hydrogens (tertiary/aromatic N) is 2. The predicted octanol–water partition coefficient (Wildman–Crippen LogP) is 1.21. The highest BCUT2D eigenvalue weighted by molar-refractivity contribution is 5.93. The summed E-state index contributed by atoms with van der Waals surface area (Å²) < 4.78 is 24.5. The summed E-state index contributed by atoms with van der Waals surface area (Å²) in [4.78, 5) is 23.0. The van der Waals surface area contributed by atoms with Crippen LogP contribution in [0.4, 0.5) is 20.2 Å². The highest BCUT2D eigenvalue weighted by Crippen LogP contribution is 2.28. The van der Waals surface area contributed by atoms with Gasteiger partial charge in [-0.25, -0.2) is 18.6 Å². The van der Waals surface area contributed by atoms with E-state index in [4.69, 9.17) is 10.8 Å². The number of nitrogen functional groups attached to an aromatic ring is 1. The number of hydrogen-bond donors (Lipinski definition) is 2. The summed E-state index contributed by atoms with van der Waals surface area (Å²) in [6.45, 7) is 0. The van der Waals surface area contributed by atoms with Crippen LogP contribution in [0.25, 0.3) is 0 Å². The number of carboxylic acids is 1. The van der Waals surface area contributed by atoms with Crippen LogP contribution in [-0.4, -0.2) is 21.0 Å². The minimum Gasteiger partial charge on any atom is -0.476 e. The van der Waals surface area contributed by atoms with Gasteiger partial charge in [0.1, 0.15) is 11.4 Å². The molecule has 16 heavy (non-hydrogen) atoms. The maximum Gasteiger partial charge on any atom is 0.356 e. The van der Waals surface area contributed by atoms with Crippen molar-refractivity contribution in [1.82, 2.24) is 4.98 Å². The van der Waals surface area contributed by atoms with Gasteiger partial charge in [0, 0.05) is 6.07 Å². The van der Waals surface area contributed by atoms with E-state index in [1.807, 2.05) is 0 Å². The van der Waals surface area contributed by atoms with Gasteiger partial charge in [0.15, 0.2) is 5.69 Å². The Morgan fingerprint density at radius 2 is 2.19 bits per heavy atom. The summed E-state index contributed by atoms with van der Waals surface area (Å²) in [6, 6.07) is 0.451. The molecular formula is C7H5F2N3O4.